The molecule has 30 heavy (non-hydrogen) atoms. The molecule has 0 fully saturated rings. The predicted molar refractivity (Wildman–Crippen MR) is 111 cm³/mol. The van der Waals surface area contributed by atoms with Gasteiger partial charge in [-0.15, -0.1) is 0 Å². The van der Waals surface area contributed by atoms with E-state index in [0.717, 1.165) is 5.69 Å². The van der Waals surface area contributed by atoms with Crippen LogP contribution in [0.1, 0.15) is 21.7 Å². The molecule has 8 nitrogen and oxygen atoms in total. The maximum atomic E-state index is 12.8. The van der Waals surface area contributed by atoms with Crippen LogP contribution >= 0.6 is 0 Å². The van der Waals surface area contributed by atoms with Crippen molar-refractivity contribution in [2.24, 2.45) is 7.05 Å². The Morgan fingerprint density at radius 3 is 2.67 bits per heavy atom. The van der Waals surface area contributed by atoms with Gasteiger partial charge in [-0.05, 0) is 38.1 Å². The number of furan rings is 1. The summed E-state index contributed by atoms with van der Waals surface area (Å²) in [6.45, 7) is 3.23. The third-order valence-electron chi connectivity index (χ3n) is 4.82. The minimum atomic E-state index is -0.615. The molecule has 0 saturated heterocycles. The molecular weight excluding hydrogens is 384 g/mol. The Bertz CT molecular complexity index is 1240. The molecule has 0 radical (unpaired) electrons. The van der Waals surface area contributed by atoms with Gasteiger partial charge >= 0.3 is 5.97 Å². The summed E-state index contributed by atoms with van der Waals surface area (Å²) >= 11 is 0. The fourth-order valence-electron chi connectivity index (χ4n) is 3.23. The number of nitrogens with one attached hydrogen (secondary N) is 1. The fraction of sp³-hybridized carbons (Fsp3) is 0.182. The van der Waals surface area contributed by atoms with Crippen molar-refractivity contribution in [2.45, 2.75) is 13.8 Å². The number of benzene rings is 1. The van der Waals surface area contributed by atoms with Crippen LogP contribution in [0.5, 0.6) is 0 Å². The van der Waals surface area contributed by atoms with Gasteiger partial charge in [-0.2, -0.15) is 5.10 Å². The Balaban J connectivity index is 1.55. The second kappa shape index (κ2) is 7.82. The highest BCUT2D eigenvalue weighted by Crippen LogP contribution is 2.26. The van der Waals surface area contributed by atoms with Crippen molar-refractivity contribution in [3.05, 3.63) is 65.7 Å². The molecule has 0 aliphatic rings. The van der Waals surface area contributed by atoms with Crippen molar-refractivity contribution in [2.75, 3.05) is 11.9 Å². The summed E-state index contributed by atoms with van der Waals surface area (Å²) in [4.78, 5) is 29.7. The number of carbonyl (C=O) groups excluding carboxylic acids is 2. The highest BCUT2D eigenvalue weighted by atomic mass is 16.5. The van der Waals surface area contributed by atoms with Crippen molar-refractivity contribution in [3.63, 3.8) is 0 Å². The third kappa shape index (κ3) is 3.67. The molecule has 0 bridgehead atoms. The SMILES string of the molecule is Cc1nn(C)c(C)c1NC(=O)COC(=O)c1cc(-c2ccco2)nc2ccccc12. The molecule has 0 aliphatic carbocycles. The lowest BCUT2D eigenvalue weighted by atomic mass is 10.1. The number of rotatable bonds is 5. The molecule has 0 saturated carbocycles. The van der Waals surface area contributed by atoms with E-state index >= 15 is 0 Å². The zero-order valence-electron chi connectivity index (χ0n) is 16.8. The molecule has 1 N–H and O–H groups in total. The number of pyridine rings is 1. The van der Waals surface area contributed by atoms with Crippen molar-refractivity contribution >= 4 is 28.5 Å². The van der Waals surface area contributed by atoms with E-state index in [2.05, 4.69) is 15.4 Å². The second-order valence-electron chi connectivity index (χ2n) is 6.84. The molecule has 3 aromatic heterocycles. The average Bonchev–Trinajstić information content (AvgIpc) is 3.36. The first-order valence-electron chi connectivity index (χ1n) is 9.35. The second-order valence-corrected chi connectivity index (χ2v) is 6.84. The number of aromatic nitrogens is 3. The monoisotopic (exact) mass is 404 g/mol. The van der Waals surface area contributed by atoms with Crippen molar-refractivity contribution < 1.29 is 18.7 Å². The topological polar surface area (TPSA) is 99.2 Å². The van der Waals surface area contributed by atoms with E-state index in [0.29, 0.717) is 39.3 Å². The van der Waals surface area contributed by atoms with Crippen LogP contribution in [0.15, 0.2) is 53.1 Å². The normalized spacial score (nSPS) is 10.9. The Morgan fingerprint density at radius 2 is 1.97 bits per heavy atom. The van der Waals surface area contributed by atoms with E-state index in [4.69, 9.17) is 9.15 Å². The van der Waals surface area contributed by atoms with E-state index in [1.165, 1.54) is 6.26 Å². The van der Waals surface area contributed by atoms with Crippen LogP contribution in [0.4, 0.5) is 5.69 Å². The first-order chi connectivity index (χ1) is 14.4. The smallest absolute Gasteiger partial charge is 0.339 e. The van der Waals surface area contributed by atoms with Gasteiger partial charge in [0.15, 0.2) is 12.4 Å². The van der Waals surface area contributed by atoms with E-state index in [1.807, 2.05) is 19.1 Å². The Labute approximate surface area is 172 Å². The number of amides is 1. The molecule has 1 amide bonds. The molecule has 1 aromatic carbocycles. The Morgan fingerprint density at radius 1 is 1.17 bits per heavy atom. The minimum Gasteiger partial charge on any atom is -0.463 e. The number of aryl methyl sites for hydroxylation is 2. The molecule has 8 heteroatoms. The number of ether oxygens (including phenoxy) is 1. The Kier molecular flexibility index (Phi) is 5.05. The summed E-state index contributed by atoms with van der Waals surface area (Å²) in [6.07, 6.45) is 1.54. The van der Waals surface area contributed by atoms with Gasteiger partial charge in [0.2, 0.25) is 0 Å². The van der Waals surface area contributed by atoms with Crippen LogP contribution in [-0.2, 0) is 16.6 Å². The number of nitrogens with zero attached hydrogens (tertiary/aromatic N) is 3. The summed E-state index contributed by atoms with van der Waals surface area (Å²) in [7, 11) is 1.79. The van der Waals surface area contributed by atoms with Gasteiger partial charge < -0.3 is 14.5 Å². The number of hydrogen-bond donors (Lipinski definition) is 1. The molecule has 152 valence electrons. The van der Waals surface area contributed by atoms with Crippen LogP contribution in [0.2, 0.25) is 0 Å². The molecule has 4 aromatic rings. The number of fused-ring (bicyclic) bond motifs is 1. The summed E-state index contributed by atoms with van der Waals surface area (Å²) in [6, 6.07) is 12.4. The fourth-order valence-corrected chi connectivity index (χ4v) is 3.23. The van der Waals surface area contributed by atoms with Gasteiger partial charge in [-0.3, -0.25) is 9.48 Å². The zero-order valence-corrected chi connectivity index (χ0v) is 16.8. The summed E-state index contributed by atoms with van der Waals surface area (Å²) < 4.78 is 12.4. The average molecular weight is 404 g/mol. The van der Waals surface area contributed by atoms with Gasteiger partial charge in [0.1, 0.15) is 5.69 Å². The highest BCUT2D eigenvalue weighted by Gasteiger charge is 2.18. The lowest BCUT2D eigenvalue weighted by molar-refractivity contribution is -0.119. The Hall–Kier alpha value is -3.94. The molecule has 0 atom stereocenters. The summed E-state index contributed by atoms with van der Waals surface area (Å²) in [5.74, 6) is -0.515. The molecule has 3 heterocycles. The van der Waals surface area contributed by atoms with E-state index < -0.39 is 18.5 Å². The van der Waals surface area contributed by atoms with Crippen LogP contribution in [0.3, 0.4) is 0 Å². The number of para-hydroxylation sites is 1. The quantitative estimate of drug-likeness (QED) is 0.510. The summed E-state index contributed by atoms with van der Waals surface area (Å²) in [5, 5.41) is 7.64. The maximum Gasteiger partial charge on any atom is 0.339 e. The number of hydrogen-bond acceptors (Lipinski definition) is 6. The van der Waals surface area contributed by atoms with Crippen LogP contribution in [-0.4, -0.2) is 33.2 Å². The molecular formula is C22H20N4O4. The molecule has 0 spiro atoms. The lowest BCUT2D eigenvalue weighted by Gasteiger charge is -2.10. The van der Waals surface area contributed by atoms with Crippen LogP contribution in [0, 0.1) is 13.8 Å². The third-order valence-corrected chi connectivity index (χ3v) is 4.82. The van der Waals surface area contributed by atoms with Gasteiger partial charge in [-0.25, -0.2) is 9.78 Å². The number of esters is 1. The summed E-state index contributed by atoms with van der Waals surface area (Å²) in [5.41, 5.74) is 3.58. The first-order valence-corrected chi connectivity index (χ1v) is 9.35. The largest absolute Gasteiger partial charge is 0.463 e. The van der Waals surface area contributed by atoms with E-state index in [-0.39, 0.29) is 0 Å². The van der Waals surface area contributed by atoms with Crippen molar-refractivity contribution in [1.82, 2.24) is 14.8 Å². The first kappa shape index (κ1) is 19.4. The number of carbonyl (C=O) groups is 2. The molecule has 4 rings (SSSR count). The molecule has 0 aliphatic heterocycles. The van der Waals surface area contributed by atoms with Gasteiger partial charge in [0.25, 0.3) is 5.91 Å². The zero-order chi connectivity index (χ0) is 21.3. The van der Waals surface area contributed by atoms with E-state index in [1.54, 1.807) is 49.0 Å². The van der Waals surface area contributed by atoms with Crippen LogP contribution < -0.4 is 5.32 Å². The number of anilines is 1. The highest BCUT2D eigenvalue weighted by molar-refractivity contribution is 6.05. The maximum absolute atomic E-state index is 12.8. The standard InChI is InChI=1S/C22H20N4O4/c1-13-21(14(2)26(3)25-13)24-20(27)12-30-22(28)16-11-18(19-9-6-10-29-19)23-17-8-5-4-7-15(16)17/h4-11H,12H2,1-3H3,(H,24,27). The lowest BCUT2D eigenvalue weighted by Crippen LogP contribution is -2.21. The predicted octanol–water partition coefficient (Wildman–Crippen LogP) is 3.64. The van der Waals surface area contributed by atoms with Gasteiger partial charge in [0, 0.05) is 12.4 Å². The van der Waals surface area contributed by atoms with Crippen molar-refractivity contribution in [3.8, 4) is 11.5 Å². The van der Waals surface area contributed by atoms with Crippen LogP contribution in [0.25, 0.3) is 22.4 Å². The minimum absolute atomic E-state index is 0.313. The van der Waals surface area contributed by atoms with Crippen molar-refractivity contribution in [1.29, 1.82) is 0 Å². The van der Waals surface area contributed by atoms with E-state index in [9.17, 15) is 9.59 Å². The van der Waals surface area contributed by atoms with Gasteiger partial charge in [0.05, 0.1) is 34.4 Å². The molecule has 0 unspecified atom stereocenters. The van der Waals surface area contributed by atoms with Gasteiger partial charge in [-0.1, -0.05) is 18.2 Å².